The van der Waals surface area contributed by atoms with Gasteiger partial charge in [-0.25, -0.2) is 0 Å². The van der Waals surface area contributed by atoms with Crippen molar-refractivity contribution in [3.05, 3.63) is 35.0 Å². The molecule has 0 amide bonds. The summed E-state index contributed by atoms with van der Waals surface area (Å²) in [5, 5.41) is 4.00. The van der Waals surface area contributed by atoms with E-state index >= 15 is 0 Å². The minimum absolute atomic E-state index is 0.403. The van der Waals surface area contributed by atoms with E-state index in [-0.39, 0.29) is 0 Å². The van der Waals surface area contributed by atoms with Crippen molar-refractivity contribution in [2.75, 3.05) is 7.11 Å². The van der Waals surface area contributed by atoms with E-state index in [2.05, 4.69) is 31.1 Å². The van der Waals surface area contributed by atoms with Crippen LogP contribution in [0.2, 0.25) is 0 Å². The van der Waals surface area contributed by atoms with Gasteiger partial charge in [0.05, 0.1) is 18.4 Å². The maximum Gasteiger partial charge on any atom is 0.175 e. The second-order valence-electron chi connectivity index (χ2n) is 4.89. The molecule has 2 N–H and O–H groups in total. The molecule has 0 atom stereocenters. The van der Waals surface area contributed by atoms with Gasteiger partial charge in [0.1, 0.15) is 5.75 Å². The highest BCUT2D eigenvalue weighted by molar-refractivity contribution is 5.70. The smallest absolute Gasteiger partial charge is 0.175 e. The molecule has 4 nitrogen and oxygen atoms in total. The summed E-state index contributed by atoms with van der Waals surface area (Å²) in [6.07, 6.45) is 0. The Morgan fingerprint density at radius 3 is 2.68 bits per heavy atom. The second kappa shape index (κ2) is 5.45. The number of benzene rings is 1. The van der Waals surface area contributed by atoms with Crippen LogP contribution in [0.1, 0.15) is 36.6 Å². The van der Waals surface area contributed by atoms with Gasteiger partial charge in [-0.1, -0.05) is 25.1 Å². The second-order valence-corrected chi connectivity index (χ2v) is 4.89. The normalized spacial score (nSPS) is 11.1. The summed E-state index contributed by atoms with van der Waals surface area (Å²) in [5.41, 5.74) is 9.68. The molecule has 19 heavy (non-hydrogen) atoms. The van der Waals surface area contributed by atoms with E-state index in [1.54, 1.807) is 7.11 Å². The molecule has 1 aromatic carbocycles. The van der Waals surface area contributed by atoms with Crippen LogP contribution in [0.15, 0.2) is 22.7 Å². The molecule has 0 spiro atoms. The molecule has 2 rings (SSSR count). The average Bonchev–Trinajstić information content (AvgIpc) is 2.78. The monoisotopic (exact) mass is 260 g/mol. The molecule has 1 heterocycles. The largest absolute Gasteiger partial charge is 0.496 e. The zero-order valence-electron chi connectivity index (χ0n) is 11.9. The number of ether oxygens (including phenoxy) is 1. The minimum atomic E-state index is 0.403. The van der Waals surface area contributed by atoms with Crippen molar-refractivity contribution in [1.29, 1.82) is 0 Å². The van der Waals surface area contributed by atoms with Gasteiger partial charge in [0.2, 0.25) is 0 Å². The van der Waals surface area contributed by atoms with Crippen molar-refractivity contribution in [2.24, 2.45) is 5.73 Å². The number of aromatic nitrogens is 1. The molecule has 0 aliphatic heterocycles. The van der Waals surface area contributed by atoms with Crippen molar-refractivity contribution in [1.82, 2.24) is 5.16 Å². The standard InChI is InChI=1S/C15H20N2O2/c1-9(2)11-5-6-14(18-4)12(7-11)15-13(8-16)10(3)17-19-15/h5-7,9H,8,16H2,1-4H3. The number of nitrogens with two attached hydrogens (primary N) is 1. The van der Waals surface area contributed by atoms with Crippen LogP contribution >= 0.6 is 0 Å². The molecule has 0 aliphatic carbocycles. The SMILES string of the molecule is COc1ccc(C(C)C)cc1-c1onc(C)c1CN. The van der Waals surface area contributed by atoms with E-state index in [4.69, 9.17) is 15.0 Å². The maximum absolute atomic E-state index is 5.78. The fraction of sp³-hybridized carbons (Fsp3) is 0.400. The topological polar surface area (TPSA) is 61.3 Å². The van der Waals surface area contributed by atoms with Crippen molar-refractivity contribution >= 4 is 0 Å². The molecule has 4 heteroatoms. The summed E-state index contributed by atoms with van der Waals surface area (Å²) in [6.45, 7) is 6.61. The van der Waals surface area contributed by atoms with Gasteiger partial charge in [-0.05, 0) is 30.5 Å². The predicted molar refractivity (Wildman–Crippen MR) is 75.2 cm³/mol. The molecule has 0 saturated heterocycles. The summed E-state index contributed by atoms with van der Waals surface area (Å²) >= 11 is 0. The van der Waals surface area contributed by atoms with Crippen molar-refractivity contribution in [3.8, 4) is 17.1 Å². The van der Waals surface area contributed by atoms with E-state index in [1.165, 1.54) is 5.56 Å². The van der Waals surface area contributed by atoms with Crippen LogP contribution in [0, 0.1) is 6.92 Å². The van der Waals surface area contributed by atoms with Crippen molar-refractivity contribution in [2.45, 2.75) is 33.2 Å². The number of methoxy groups -OCH3 is 1. The Kier molecular flexibility index (Phi) is 3.90. The summed E-state index contributed by atoms with van der Waals surface area (Å²) in [5.74, 6) is 1.92. The third-order valence-corrected chi connectivity index (χ3v) is 3.32. The number of hydrogen-bond acceptors (Lipinski definition) is 4. The lowest BCUT2D eigenvalue weighted by molar-refractivity contribution is 0.404. The molecule has 0 radical (unpaired) electrons. The van der Waals surface area contributed by atoms with Gasteiger partial charge in [0.15, 0.2) is 5.76 Å². The van der Waals surface area contributed by atoms with Gasteiger partial charge in [0, 0.05) is 12.1 Å². The Bertz CT molecular complexity index is 574. The maximum atomic E-state index is 5.78. The van der Waals surface area contributed by atoms with Gasteiger partial charge < -0.3 is 15.0 Å². The lowest BCUT2D eigenvalue weighted by atomic mass is 9.97. The highest BCUT2D eigenvalue weighted by atomic mass is 16.5. The van der Waals surface area contributed by atoms with Crippen molar-refractivity contribution in [3.63, 3.8) is 0 Å². The van der Waals surface area contributed by atoms with E-state index < -0.39 is 0 Å². The van der Waals surface area contributed by atoms with Crippen molar-refractivity contribution < 1.29 is 9.26 Å². The summed E-state index contributed by atoms with van der Waals surface area (Å²) in [7, 11) is 1.65. The molecular weight excluding hydrogens is 240 g/mol. The first kappa shape index (κ1) is 13.6. The number of rotatable bonds is 4. The van der Waals surface area contributed by atoms with Crippen LogP contribution in [0.4, 0.5) is 0 Å². The Hall–Kier alpha value is -1.81. The Balaban J connectivity index is 2.61. The van der Waals surface area contributed by atoms with Crippen LogP contribution in [0.3, 0.4) is 0 Å². The zero-order valence-corrected chi connectivity index (χ0v) is 11.9. The molecule has 1 aromatic heterocycles. The van der Waals surface area contributed by atoms with E-state index in [0.717, 1.165) is 22.6 Å². The zero-order chi connectivity index (χ0) is 14.0. The van der Waals surface area contributed by atoms with E-state index in [0.29, 0.717) is 18.2 Å². The Morgan fingerprint density at radius 2 is 2.11 bits per heavy atom. The number of aryl methyl sites for hydroxylation is 1. The van der Waals surface area contributed by atoms with Gasteiger partial charge in [-0.15, -0.1) is 0 Å². The van der Waals surface area contributed by atoms with Crippen LogP contribution < -0.4 is 10.5 Å². The highest BCUT2D eigenvalue weighted by Crippen LogP contribution is 2.35. The number of nitrogens with zero attached hydrogens (tertiary/aromatic N) is 1. The first-order valence-corrected chi connectivity index (χ1v) is 6.42. The van der Waals surface area contributed by atoms with Crippen LogP contribution in [-0.2, 0) is 6.54 Å². The average molecular weight is 260 g/mol. The quantitative estimate of drug-likeness (QED) is 0.916. The molecule has 2 aromatic rings. The predicted octanol–water partition coefficient (Wildman–Crippen LogP) is 3.24. The van der Waals surface area contributed by atoms with Crippen LogP contribution in [0.25, 0.3) is 11.3 Å². The molecular formula is C15H20N2O2. The Labute approximate surface area is 113 Å². The minimum Gasteiger partial charge on any atom is -0.496 e. The third kappa shape index (κ3) is 2.49. The first-order chi connectivity index (χ1) is 9.08. The van der Waals surface area contributed by atoms with Crippen LogP contribution in [0.5, 0.6) is 5.75 Å². The summed E-state index contributed by atoms with van der Waals surface area (Å²) in [6, 6.07) is 6.11. The van der Waals surface area contributed by atoms with Crippen LogP contribution in [-0.4, -0.2) is 12.3 Å². The highest BCUT2D eigenvalue weighted by Gasteiger charge is 2.18. The lowest BCUT2D eigenvalue weighted by Gasteiger charge is -2.11. The number of hydrogen-bond donors (Lipinski definition) is 1. The molecule has 0 bridgehead atoms. The molecule has 0 saturated carbocycles. The molecule has 102 valence electrons. The fourth-order valence-corrected chi connectivity index (χ4v) is 2.10. The lowest BCUT2D eigenvalue weighted by Crippen LogP contribution is -2.00. The first-order valence-electron chi connectivity index (χ1n) is 6.42. The fourth-order valence-electron chi connectivity index (χ4n) is 2.10. The summed E-state index contributed by atoms with van der Waals surface area (Å²) < 4.78 is 10.9. The third-order valence-electron chi connectivity index (χ3n) is 3.32. The van der Waals surface area contributed by atoms with Gasteiger partial charge in [-0.3, -0.25) is 0 Å². The van der Waals surface area contributed by atoms with Gasteiger partial charge in [-0.2, -0.15) is 0 Å². The van der Waals surface area contributed by atoms with E-state index in [9.17, 15) is 0 Å². The van der Waals surface area contributed by atoms with E-state index in [1.807, 2.05) is 13.0 Å². The van der Waals surface area contributed by atoms with Gasteiger partial charge >= 0.3 is 0 Å². The summed E-state index contributed by atoms with van der Waals surface area (Å²) in [4.78, 5) is 0. The molecule has 0 aliphatic rings. The molecule has 0 fully saturated rings. The molecule has 0 unspecified atom stereocenters. The van der Waals surface area contributed by atoms with Gasteiger partial charge in [0.25, 0.3) is 0 Å². The Morgan fingerprint density at radius 1 is 1.37 bits per heavy atom.